The molecule has 0 atom stereocenters. The summed E-state index contributed by atoms with van der Waals surface area (Å²) in [4.78, 5) is 23.2. The summed E-state index contributed by atoms with van der Waals surface area (Å²) in [6, 6.07) is 9.69. The first kappa shape index (κ1) is 18.5. The monoisotopic (exact) mass is 405 g/mol. The fraction of sp³-hybridized carbons (Fsp3) is 0.118. The van der Waals surface area contributed by atoms with Crippen molar-refractivity contribution in [1.29, 1.82) is 0 Å². The van der Waals surface area contributed by atoms with E-state index in [0.717, 1.165) is 0 Å². The van der Waals surface area contributed by atoms with E-state index in [1.807, 2.05) is 0 Å². The Morgan fingerprint density at radius 2 is 2.04 bits per heavy atom. The van der Waals surface area contributed by atoms with Crippen LogP contribution >= 0.6 is 15.9 Å². The molecule has 0 bridgehead atoms. The topological polar surface area (TPSA) is 100 Å². The van der Waals surface area contributed by atoms with Gasteiger partial charge in [-0.2, -0.15) is 5.10 Å². The van der Waals surface area contributed by atoms with Crippen LogP contribution in [0, 0.1) is 0 Å². The summed E-state index contributed by atoms with van der Waals surface area (Å²) in [6.07, 6.45) is 1.30. The van der Waals surface area contributed by atoms with E-state index in [1.54, 1.807) is 30.3 Å². The Morgan fingerprint density at radius 1 is 1.28 bits per heavy atom. The second-order valence-corrected chi connectivity index (χ2v) is 5.92. The van der Waals surface area contributed by atoms with E-state index in [4.69, 9.17) is 4.74 Å². The van der Waals surface area contributed by atoms with Gasteiger partial charge >= 0.3 is 0 Å². The SMILES string of the molecule is COc1cc(Br)cc(/C=N/NC(=O)c2cccc(NC(C)=O)c2)c1O. The van der Waals surface area contributed by atoms with Crippen molar-refractivity contribution in [3.63, 3.8) is 0 Å². The predicted octanol–water partition coefficient (Wildman–Crippen LogP) is 2.89. The second kappa shape index (κ2) is 8.29. The lowest BCUT2D eigenvalue weighted by molar-refractivity contribution is -0.114. The van der Waals surface area contributed by atoms with Crippen LogP contribution in [-0.2, 0) is 4.79 Å². The van der Waals surface area contributed by atoms with Gasteiger partial charge in [-0.1, -0.05) is 22.0 Å². The molecule has 0 saturated carbocycles. The number of nitrogens with zero attached hydrogens (tertiary/aromatic N) is 1. The van der Waals surface area contributed by atoms with Crippen LogP contribution in [-0.4, -0.2) is 30.2 Å². The minimum atomic E-state index is -0.454. The third-order valence-electron chi connectivity index (χ3n) is 3.10. The van der Waals surface area contributed by atoms with Crippen molar-refractivity contribution in [3.05, 3.63) is 52.0 Å². The minimum Gasteiger partial charge on any atom is -0.504 e. The molecule has 0 fully saturated rings. The van der Waals surface area contributed by atoms with Crippen LogP contribution in [0.2, 0.25) is 0 Å². The van der Waals surface area contributed by atoms with Gasteiger partial charge < -0.3 is 15.2 Å². The minimum absolute atomic E-state index is 0.0867. The van der Waals surface area contributed by atoms with E-state index < -0.39 is 5.91 Å². The highest BCUT2D eigenvalue weighted by molar-refractivity contribution is 9.10. The van der Waals surface area contributed by atoms with E-state index in [1.165, 1.54) is 26.3 Å². The van der Waals surface area contributed by atoms with Crippen molar-refractivity contribution in [2.75, 3.05) is 12.4 Å². The number of nitrogens with one attached hydrogen (secondary N) is 2. The molecule has 2 amide bonds. The standard InChI is InChI=1S/C17H16BrN3O4/c1-10(22)20-14-5-3-4-11(7-14)17(24)21-19-9-12-6-13(18)8-15(25-2)16(12)23/h3-9,23H,1-2H3,(H,20,22)(H,21,24)/b19-9+. The van der Waals surface area contributed by atoms with Gasteiger partial charge in [0.25, 0.3) is 5.91 Å². The number of anilines is 1. The number of carbonyl (C=O) groups is 2. The Morgan fingerprint density at radius 3 is 2.72 bits per heavy atom. The molecule has 0 aliphatic heterocycles. The number of hydrogen-bond donors (Lipinski definition) is 3. The summed E-state index contributed by atoms with van der Waals surface area (Å²) in [5.74, 6) is -0.485. The van der Waals surface area contributed by atoms with E-state index >= 15 is 0 Å². The Kier molecular flexibility index (Phi) is 6.13. The Balaban J connectivity index is 2.11. The van der Waals surface area contributed by atoms with Crippen LogP contribution in [0.4, 0.5) is 5.69 Å². The molecule has 2 aromatic carbocycles. The van der Waals surface area contributed by atoms with Gasteiger partial charge in [0.2, 0.25) is 5.91 Å². The highest BCUT2D eigenvalue weighted by Gasteiger charge is 2.09. The quantitative estimate of drug-likeness (QED) is 0.525. The lowest BCUT2D eigenvalue weighted by Crippen LogP contribution is -2.18. The fourth-order valence-electron chi connectivity index (χ4n) is 2.01. The molecule has 0 aliphatic carbocycles. The summed E-state index contributed by atoms with van der Waals surface area (Å²) in [5, 5.41) is 16.5. The van der Waals surface area contributed by atoms with Gasteiger partial charge in [-0.05, 0) is 30.3 Å². The zero-order chi connectivity index (χ0) is 18.4. The van der Waals surface area contributed by atoms with Gasteiger partial charge in [-0.25, -0.2) is 5.43 Å². The average Bonchev–Trinajstić information content (AvgIpc) is 2.57. The zero-order valence-corrected chi connectivity index (χ0v) is 15.1. The normalized spacial score (nSPS) is 10.5. The van der Waals surface area contributed by atoms with Crippen LogP contribution < -0.4 is 15.5 Å². The number of rotatable bonds is 5. The molecular formula is C17H16BrN3O4. The molecule has 0 saturated heterocycles. The maximum atomic E-state index is 12.1. The maximum Gasteiger partial charge on any atom is 0.271 e. The molecule has 25 heavy (non-hydrogen) atoms. The predicted molar refractivity (Wildman–Crippen MR) is 98.2 cm³/mol. The first-order chi connectivity index (χ1) is 11.9. The largest absolute Gasteiger partial charge is 0.504 e. The van der Waals surface area contributed by atoms with Gasteiger partial charge in [0.15, 0.2) is 11.5 Å². The maximum absolute atomic E-state index is 12.1. The summed E-state index contributed by atoms with van der Waals surface area (Å²) >= 11 is 3.30. The summed E-state index contributed by atoms with van der Waals surface area (Å²) in [7, 11) is 1.44. The second-order valence-electron chi connectivity index (χ2n) is 5.01. The average molecular weight is 406 g/mol. The van der Waals surface area contributed by atoms with E-state index in [0.29, 0.717) is 21.3 Å². The molecule has 2 rings (SSSR count). The molecule has 130 valence electrons. The molecule has 3 N–H and O–H groups in total. The number of halogens is 1. The van der Waals surface area contributed by atoms with Gasteiger partial charge in [-0.3, -0.25) is 9.59 Å². The number of benzene rings is 2. The number of phenolic OH excluding ortho intramolecular Hbond substituents is 1. The highest BCUT2D eigenvalue weighted by Crippen LogP contribution is 2.32. The van der Waals surface area contributed by atoms with Crippen molar-refractivity contribution in [2.45, 2.75) is 6.92 Å². The Hall–Kier alpha value is -2.87. The van der Waals surface area contributed by atoms with Gasteiger partial charge in [0, 0.05) is 28.2 Å². The third kappa shape index (κ3) is 5.05. The van der Waals surface area contributed by atoms with Crippen LogP contribution in [0.25, 0.3) is 0 Å². The summed E-state index contributed by atoms with van der Waals surface area (Å²) < 4.78 is 5.74. The molecule has 0 aromatic heterocycles. The first-order valence-corrected chi connectivity index (χ1v) is 7.97. The van der Waals surface area contributed by atoms with Gasteiger partial charge in [-0.15, -0.1) is 0 Å². The molecule has 0 heterocycles. The van der Waals surface area contributed by atoms with E-state index in [-0.39, 0.29) is 17.4 Å². The Bertz CT molecular complexity index is 837. The molecular weight excluding hydrogens is 390 g/mol. The molecule has 0 radical (unpaired) electrons. The number of ether oxygens (including phenoxy) is 1. The zero-order valence-electron chi connectivity index (χ0n) is 13.5. The smallest absolute Gasteiger partial charge is 0.271 e. The highest BCUT2D eigenvalue weighted by atomic mass is 79.9. The molecule has 7 nitrogen and oxygen atoms in total. The number of phenols is 1. The lowest BCUT2D eigenvalue weighted by Gasteiger charge is -2.07. The van der Waals surface area contributed by atoms with Crippen molar-refractivity contribution in [1.82, 2.24) is 5.43 Å². The summed E-state index contributed by atoms with van der Waals surface area (Å²) in [5.41, 5.74) is 3.58. The number of methoxy groups -OCH3 is 1. The number of carbonyl (C=O) groups excluding carboxylic acids is 2. The van der Waals surface area contributed by atoms with E-state index in [2.05, 4.69) is 31.8 Å². The number of amides is 2. The van der Waals surface area contributed by atoms with Gasteiger partial charge in [0.05, 0.1) is 13.3 Å². The van der Waals surface area contributed by atoms with Crippen LogP contribution in [0.3, 0.4) is 0 Å². The van der Waals surface area contributed by atoms with Crippen molar-refractivity contribution >= 4 is 39.6 Å². The van der Waals surface area contributed by atoms with Crippen LogP contribution in [0.5, 0.6) is 11.5 Å². The first-order valence-electron chi connectivity index (χ1n) is 7.18. The van der Waals surface area contributed by atoms with Crippen LogP contribution in [0.1, 0.15) is 22.8 Å². The fourth-order valence-corrected chi connectivity index (χ4v) is 2.47. The van der Waals surface area contributed by atoms with Crippen molar-refractivity contribution < 1.29 is 19.4 Å². The molecule has 0 aliphatic rings. The summed E-state index contributed by atoms with van der Waals surface area (Å²) in [6.45, 7) is 1.38. The lowest BCUT2D eigenvalue weighted by atomic mass is 10.2. The molecule has 2 aromatic rings. The van der Waals surface area contributed by atoms with Crippen molar-refractivity contribution in [3.8, 4) is 11.5 Å². The van der Waals surface area contributed by atoms with Gasteiger partial charge in [0.1, 0.15) is 0 Å². The molecule has 0 unspecified atom stereocenters. The third-order valence-corrected chi connectivity index (χ3v) is 3.56. The number of hydrazone groups is 1. The van der Waals surface area contributed by atoms with Crippen molar-refractivity contribution in [2.24, 2.45) is 5.10 Å². The molecule has 8 heteroatoms. The van der Waals surface area contributed by atoms with Crippen LogP contribution in [0.15, 0.2) is 46.0 Å². The number of hydrogen-bond acceptors (Lipinski definition) is 5. The Labute approximate surface area is 152 Å². The number of aromatic hydroxyl groups is 1. The van der Waals surface area contributed by atoms with E-state index in [9.17, 15) is 14.7 Å². The molecule has 0 spiro atoms.